The Morgan fingerprint density at radius 1 is 0.538 bits per heavy atom. The summed E-state index contributed by atoms with van der Waals surface area (Å²) < 4.78 is 59.2. The van der Waals surface area contributed by atoms with Crippen LogP contribution in [0.3, 0.4) is 0 Å². The molecular formula is C42H78N3O19P. The van der Waals surface area contributed by atoms with E-state index in [1.807, 2.05) is 20.8 Å². The van der Waals surface area contributed by atoms with Crippen LogP contribution in [0.15, 0.2) is 0 Å². The number of carbonyl (C=O) groups is 3. The van der Waals surface area contributed by atoms with Gasteiger partial charge in [0.05, 0.1) is 48.8 Å². The summed E-state index contributed by atoms with van der Waals surface area (Å²) in [7, 11) is -3.82. The Morgan fingerprint density at radius 2 is 0.985 bits per heavy atom. The second kappa shape index (κ2) is 26.1. The Balaban J connectivity index is 1.67. The zero-order valence-corrected chi connectivity index (χ0v) is 40.2. The lowest BCUT2D eigenvalue weighted by molar-refractivity contribution is -0.288. The van der Waals surface area contributed by atoms with Gasteiger partial charge in [0.1, 0.15) is 60.9 Å². The van der Waals surface area contributed by atoms with Gasteiger partial charge in [-0.15, -0.1) is 0 Å². The van der Waals surface area contributed by atoms with Crippen LogP contribution in [0.2, 0.25) is 0 Å². The highest BCUT2D eigenvalue weighted by Crippen LogP contribution is 2.54. The van der Waals surface area contributed by atoms with Crippen LogP contribution in [0.4, 0.5) is 0 Å². The van der Waals surface area contributed by atoms with Gasteiger partial charge in [0, 0.05) is 40.6 Å². The maximum atomic E-state index is 12.3. The van der Waals surface area contributed by atoms with Gasteiger partial charge in [-0.2, -0.15) is 0 Å². The average Bonchev–Trinajstić information content (AvgIpc) is 3.19. The monoisotopic (exact) mass is 959 g/mol. The Hall–Kier alpha value is -1.96. The summed E-state index contributed by atoms with van der Waals surface area (Å²) in [4.78, 5) is 46.5. The number of aliphatic hydroxyl groups is 6. The zero-order valence-electron chi connectivity index (χ0n) is 39.3. The minimum absolute atomic E-state index is 0.00817. The van der Waals surface area contributed by atoms with E-state index in [0.717, 1.165) is 12.8 Å². The molecule has 3 heterocycles. The van der Waals surface area contributed by atoms with E-state index in [2.05, 4.69) is 16.0 Å². The molecule has 0 saturated carbocycles. The number of carbonyl (C=O) groups excluding carboxylic acids is 3. The third kappa shape index (κ3) is 18.1. The molecule has 0 aromatic carbocycles. The third-order valence-electron chi connectivity index (χ3n) is 11.2. The summed E-state index contributed by atoms with van der Waals surface area (Å²) in [6.07, 6.45) is -13.5. The summed E-state index contributed by atoms with van der Waals surface area (Å²) >= 11 is 0. The number of aliphatic hydroxyl groups excluding tert-OH is 6. The molecule has 3 aliphatic heterocycles. The molecule has 16 atom stereocenters. The van der Waals surface area contributed by atoms with Crippen LogP contribution in [-0.2, 0) is 56.6 Å². The number of hydrogen-bond acceptors (Lipinski definition) is 18. The summed E-state index contributed by atoms with van der Waals surface area (Å²) in [6, 6.07) is -3.54. The molecule has 380 valence electrons. The van der Waals surface area contributed by atoms with Gasteiger partial charge in [-0.25, -0.2) is 0 Å². The quantitative estimate of drug-likeness (QED) is 0.0430. The Labute approximate surface area is 382 Å². The minimum Gasteiger partial charge on any atom is -0.388 e. The molecule has 3 saturated heterocycles. The molecule has 22 nitrogen and oxygen atoms in total. The predicted octanol–water partition coefficient (Wildman–Crippen LogP) is -0.521. The Morgan fingerprint density at radius 3 is 1.54 bits per heavy atom. The molecule has 23 heteroatoms. The van der Waals surface area contributed by atoms with Crippen molar-refractivity contribution in [3.8, 4) is 0 Å². The van der Waals surface area contributed by atoms with Crippen molar-refractivity contribution < 1.29 is 92.2 Å². The number of ether oxygens (including phenoxy) is 7. The van der Waals surface area contributed by atoms with Crippen molar-refractivity contribution >= 4 is 25.3 Å². The average molecular weight is 960 g/mol. The molecule has 0 bridgehead atoms. The van der Waals surface area contributed by atoms with Crippen LogP contribution in [0.1, 0.15) is 107 Å². The van der Waals surface area contributed by atoms with Gasteiger partial charge in [-0.3, -0.25) is 18.9 Å². The van der Waals surface area contributed by atoms with Crippen molar-refractivity contribution in [1.82, 2.24) is 16.0 Å². The van der Waals surface area contributed by atoms with Crippen molar-refractivity contribution in [3.05, 3.63) is 0 Å². The lowest BCUT2D eigenvalue weighted by atomic mass is 9.87. The highest BCUT2D eigenvalue weighted by Gasteiger charge is 2.50. The molecular weight excluding hydrogens is 881 g/mol. The minimum atomic E-state index is -3.82. The SMILES string of the molecule is CC(=O)NC1C(CCC2OC(OCCCCCOC(C)(C)C)C(NC(C)=O)C(O)C2O)OC(COC2OC(COCCCCOP(=O)(O)C(C)(C)C)C(O)C(O)C2NC(C)=O)C(O)C1O. The van der Waals surface area contributed by atoms with E-state index >= 15 is 0 Å². The number of unbranched alkanes of at least 4 members (excludes halogenated alkanes) is 3. The lowest BCUT2D eigenvalue weighted by Crippen LogP contribution is -2.66. The van der Waals surface area contributed by atoms with Crippen molar-refractivity contribution in [1.29, 1.82) is 0 Å². The molecule has 0 aromatic heterocycles. The van der Waals surface area contributed by atoms with E-state index in [9.17, 15) is 54.5 Å². The summed E-state index contributed by atoms with van der Waals surface area (Å²) in [5, 5.41) is 73.6. The van der Waals surface area contributed by atoms with E-state index in [4.69, 9.17) is 37.7 Å². The fourth-order valence-electron chi connectivity index (χ4n) is 7.51. The third-order valence-corrected chi connectivity index (χ3v) is 13.4. The summed E-state index contributed by atoms with van der Waals surface area (Å²) in [5.41, 5.74) is -0.259. The molecule has 3 amide bonds. The van der Waals surface area contributed by atoms with E-state index < -0.39 is 129 Å². The molecule has 0 radical (unpaired) electrons. The summed E-state index contributed by atoms with van der Waals surface area (Å²) in [5.74, 6) is -1.59. The molecule has 3 rings (SSSR count). The van der Waals surface area contributed by atoms with Gasteiger partial charge in [0.2, 0.25) is 17.7 Å². The molecule has 0 aromatic rings. The highest BCUT2D eigenvalue weighted by atomic mass is 31.2. The molecule has 65 heavy (non-hydrogen) atoms. The number of nitrogens with one attached hydrogen (secondary N) is 3. The standard InChI is InChI=1S/C42H78N3O19P/c1-23(46)43-30-26(15-16-27-33(49)37(53)31(44-24(2)47)39(63-27)58-18-11-10-12-19-60-41(4,5)6)62-29(35(51)36(30)52)22-59-40-32(45-25(3)48)38(54)34(50)28(64-40)21-57-17-13-14-20-61-65(55,56)42(7,8)9/h26-40,49-54H,10-22H2,1-9H3,(H,43,46)(H,44,47)(H,45,48)(H,55,56). The Kier molecular flexibility index (Phi) is 23.1. The second-order valence-corrected chi connectivity index (χ2v) is 21.7. The van der Waals surface area contributed by atoms with Gasteiger partial charge in [0.25, 0.3) is 0 Å². The van der Waals surface area contributed by atoms with Gasteiger partial charge >= 0.3 is 7.60 Å². The number of hydrogen-bond donors (Lipinski definition) is 10. The van der Waals surface area contributed by atoms with Gasteiger partial charge in [-0.05, 0) is 86.5 Å². The van der Waals surface area contributed by atoms with Gasteiger partial charge in [-0.1, -0.05) is 0 Å². The van der Waals surface area contributed by atoms with Crippen molar-refractivity contribution in [2.45, 2.75) is 210 Å². The normalized spacial score (nSPS) is 34.4. The molecule has 16 unspecified atom stereocenters. The fraction of sp³-hybridized carbons (Fsp3) is 0.929. The Bertz CT molecular complexity index is 1520. The number of amides is 3. The zero-order chi connectivity index (χ0) is 48.9. The van der Waals surface area contributed by atoms with Gasteiger partial charge < -0.3 is 89.2 Å². The predicted molar refractivity (Wildman–Crippen MR) is 231 cm³/mol. The van der Waals surface area contributed by atoms with E-state index in [-0.39, 0.29) is 44.9 Å². The van der Waals surface area contributed by atoms with E-state index in [0.29, 0.717) is 25.9 Å². The van der Waals surface area contributed by atoms with E-state index in [1.165, 1.54) is 20.8 Å². The first-order chi connectivity index (χ1) is 30.2. The topological polar surface area (TPSA) is 320 Å². The molecule has 0 aliphatic carbocycles. The van der Waals surface area contributed by atoms with Crippen molar-refractivity contribution in [3.63, 3.8) is 0 Å². The van der Waals surface area contributed by atoms with Crippen LogP contribution in [-0.4, -0.2) is 195 Å². The van der Waals surface area contributed by atoms with Crippen LogP contribution in [0.5, 0.6) is 0 Å². The lowest BCUT2D eigenvalue weighted by Gasteiger charge is -2.46. The van der Waals surface area contributed by atoms with Crippen LogP contribution in [0.25, 0.3) is 0 Å². The smallest absolute Gasteiger partial charge is 0.333 e. The molecule has 0 spiro atoms. The van der Waals surface area contributed by atoms with Crippen LogP contribution in [0, 0.1) is 0 Å². The van der Waals surface area contributed by atoms with Crippen molar-refractivity contribution in [2.75, 3.05) is 39.6 Å². The fourth-order valence-corrected chi connectivity index (χ4v) is 8.27. The second-order valence-electron chi connectivity index (χ2n) is 19.0. The summed E-state index contributed by atoms with van der Waals surface area (Å²) in [6.45, 7) is 14.6. The first-order valence-electron chi connectivity index (χ1n) is 22.5. The van der Waals surface area contributed by atoms with E-state index in [1.54, 1.807) is 20.8 Å². The molecule has 10 N–H and O–H groups in total. The van der Waals surface area contributed by atoms with Crippen LogP contribution < -0.4 is 16.0 Å². The highest BCUT2D eigenvalue weighted by molar-refractivity contribution is 7.54. The van der Waals surface area contributed by atoms with Crippen LogP contribution >= 0.6 is 7.60 Å². The largest absolute Gasteiger partial charge is 0.388 e. The maximum absolute atomic E-state index is 12.3. The number of rotatable bonds is 24. The maximum Gasteiger partial charge on any atom is 0.333 e. The first-order valence-corrected chi connectivity index (χ1v) is 24.1. The molecule has 3 fully saturated rings. The van der Waals surface area contributed by atoms with Crippen molar-refractivity contribution in [2.24, 2.45) is 0 Å². The molecule has 3 aliphatic rings. The van der Waals surface area contributed by atoms with Gasteiger partial charge in [0.15, 0.2) is 12.6 Å². The first kappa shape index (κ1) is 57.4.